The Labute approximate surface area is 229 Å². The predicted octanol–water partition coefficient (Wildman–Crippen LogP) is 5.51. The van der Waals surface area contributed by atoms with Crippen molar-refractivity contribution in [2.24, 2.45) is 0 Å². The molecule has 0 N–H and O–H groups in total. The minimum Gasteiger partial charge on any atom is -0.491 e. The van der Waals surface area contributed by atoms with E-state index in [4.69, 9.17) is 33.2 Å². The Hall–Kier alpha value is -3.20. The van der Waals surface area contributed by atoms with E-state index in [9.17, 15) is 0 Å². The predicted molar refractivity (Wildman–Crippen MR) is 152 cm³/mol. The van der Waals surface area contributed by atoms with E-state index in [-0.39, 0.29) is 0 Å². The standard InChI is InChI=1S/C32H36O7/c1-3-7-27-25(5-1)9-11-29-31(27)32-28-8-4-2-6-26(28)10-12-30(32)39-24-22-37-20-18-35-16-14-33-13-15-34-17-19-36-21-23-38-29/h1-12H,13-24H2. The Morgan fingerprint density at radius 3 is 1.05 bits per heavy atom. The first-order valence-corrected chi connectivity index (χ1v) is 13.6. The van der Waals surface area contributed by atoms with E-state index < -0.39 is 0 Å². The molecule has 7 nitrogen and oxygen atoms in total. The Morgan fingerprint density at radius 1 is 0.333 bits per heavy atom. The Kier molecular flexibility index (Phi) is 10.4. The van der Waals surface area contributed by atoms with Gasteiger partial charge in [0, 0.05) is 11.1 Å². The molecule has 0 aromatic heterocycles. The fraction of sp³-hybridized carbons (Fsp3) is 0.375. The topological polar surface area (TPSA) is 64.6 Å². The van der Waals surface area contributed by atoms with Crippen molar-refractivity contribution in [3.63, 3.8) is 0 Å². The highest BCUT2D eigenvalue weighted by atomic mass is 16.6. The van der Waals surface area contributed by atoms with Crippen molar-refractivity contribution in [2.45, 2.75) is 0 Å². The molecule has 1 aliphatic rings. The lowest BCUT2D eigenvalue weighted by atomic mass is 9.92. The highest BCUT2D eigenvalue weighted by Crippen LogP contribution is 2.45. The van der Waals surface area contributed by atoms with Crippen LogP contribution in [0.1, 0.15) is 0 Å². The minimum atomic E-state index is 0.420. The second-order valence-corrected chi connectivity index (χ2v) is 9.08. The summed E-state index contributed by atoms with van der Waals surface area (Å²) in [5, 5.41) is 4.48. The molecule has 0 saturated carbocycles. The van der Waals surface area contributed by atoms with Crippen LogP contribution in [-0.4, -0.2) is 79.3 Å². The maximum atomic E-state index is 6.35. The van der Waals surface area contributed by atoms with Crippen LogP contribution in [0, 0.1) is 0 Å². The van der Waals surface area contributed by atoms with Gasteiger partial charge in [0.05, 0.1) is 66.1 Å². The molecule has 4 aromatic carbocycles. The quantitative estimate of drug-likeness (QED) is 0.296. The lowest BCUT2D eigenvalue weighted by Gasteiger charge is -2.20. The van der Waals surface area contributed by atoms with Crippen LogP contribution < -0.4 is 9.47 Å². The molecular formula is C32H36O7. The third kappa shape index (κ3) is 7.47. The second-order valence-electron chi connectivity index (χ2n) is 9.08. The van der Waals surface area contributed by atoms with Crippen LogP contribution in [0.4, 0.5) is 0 Å². The summed E-state index contributed by atoms with van der Waals surface area (Å²) in [4.78, 5) is 0. The molecule has 0 saturated heterocycles. The molecule has 0 amide bonds. The highest BCUT2D eigenvalue weighted by Gasteiger charge is 2.19. The van der Waals surface area contributed by atoms with Gasteiger partial charge in [-0.2, -0.15) is 0 Å². The van der Waals surface area contributed by atoms with Gasteiger partial charge in [0.15, 0.2) is 0 Å². The van der Waals surface area contributed by atoms with Gasteiger partial charge in [-0.05, 0) is 33.7 Å². The first-order chi connectivity index (χ1) is 19.4. The lowest BCUT2D eigenvalue weighted by molar-refractivity contribution is -0.0141. The summed E-state index contributed by atoms with van der Waals surface area (Å²) in [7, 11) is 0. The maximum Gasteiger partial charge on any atom is 0.128 e. The van der Waals surface area contributed by atoms with E-state index in [2.05, 4.69) is 60.7 Å². The van der Waals surface area contributed by atoms with Crippen molar-refractivity contribution in [3.05, 3.63) is 72.8 Å². The van der Waals surface area contributed by atoms with Crippen LogP contribution in [0.15, 0.2) is 72.8 Å². The van der Waals surface area contributed by atoms with E-state index in [1.165, 1.54) is 0 Å². The van der Waals surface area contributed by atoms with Gasteiger partial charge in [-0.1, -0.05) is 60.7 Å². The molecule has 4 aromatic rings. The number of hydrogen-bond acceptors (Lipinski definition) is 7. The Morgan fingerprint density at radius 2 is 0.667 bits per heavy atom. The van der Waals surface area contributed by atoms with Crippen molar-refractivity contribution in [3.8, 4) is 22.6 Å². The zero-order valence-corrected chi connectivity index (χ0v) is 22.3. The first kappa shape index (κ1) is 27.4. The van der Waals surface area contributed by atoms with Gasteiger partial charge in [0.2, 0.25) is 0 Å². The van der Waals surface area contributed by atoms with Crippen LogP contribution in [0.5, 0.6) is 11.5 Å². The van der Waals surface area contributed by atoms with Gasteiger partial charge in [-0.25, -0.2) is 0 Å². The van der Waals surface area contributed by atoms with Crippen molar-refractivity contribution < 1.29 is 33.2 Å². The van der Waals surface area contributed by atoms with Crippen LogP contribution >= 0.6 is 0 Å². The van der Waals surface area contributed by atoms with Crippen molar-refractivity contribution in [1.29, 1.82) is 0 Å². The van der Waals surface area contributed by atoms with Gasteiger partial charge < -0.3 is 33.2 Å². The summed E-state index contributed by atoms with van der Waals surface area (Å²) in [6, 6.07) is 25.0. The van der Waals surface area contributed by atoms with Crippen LogP contribution in [0.2, 0.25) is 0 Å². The average Bonchev–Trinajstić information content (AvgIpc) is 2.97. The number of hydrogen-bond donors (Lipinski definition) is 0. The number of ether oxygens (including phenoxy) is 7. The molecule has 0 spiro atoms. The second kappa shape index (κ2) is 14.8. The molecule has 0 unspecified atom stereocenters. The number of benzene rings is 4. The van der Waals surface area contributed by atoms with E-state index >= 15 is 0 Å². The van der Waals surface area contributed by atoms with Gasteiger partial charge in [-0.3, -0.25) is 0 Å². The first-order valence-electron chi connectivity index (χ1n) is 13.6. The molecular weight excluding hydrogens is 496 g/mol. The van der Waals surface area contributed by atoms with Gasteiger partial charge in [-0.15, -0.1) is 0 Å². The zero-order chi connectivity index (χ0) is 26.5. The van der Waals surface area contributed by atoms with Crippen molar-refractivity contribution >= 4 is 21.5 Å². The molecule has 0 fully saturated rings. The largest absolute Gasteiger partial charge is 0.491 e. The third-order valence-electron chi connectivity index (χ3n) is 6.49. The van der Waals surface area contributed by atoms with Crippen LogP contribution in [0.25, 0.3) is 32.7 Å². The molecule has 0 bridgehead atoms. The molecule has 39 heavy (non-hydrogen) atoms. The molecule has 1 aliphatic heterocycles. The van der Waals surface area contributed by atoms with Crippen molar-refractivity contribution in [2.75, 3.05) is 79.3 Å². The average molecular weight is 533 g/mol. The number of fused-ring (bicyclic) bond motifs is 7. The van der Waals surface area contributed by atoms with Gasteiger partial charge in [0.25, 0.3) is 0 Å². The highest BCUT2D eigenvalue weighted by molar-refractivity contribution is 6.09. The monoisotopic (exact) mass is 532 g/mol. The van der Waals surface area contributed by atoms with Gasteiger partial charge in [0.1, 0.15) is 24.7 Å². The summed E-state index contributed by atoms with van der Waals surface area (Å²) in [5.74, 6) is 1.58. The summed E-state index contributed by atoms with van der Waals surface area (Å²) < 4.78 is 40.9. The number of rotatable bonds is 0. The molecule has 0 radical (unpaired) electrons. The fourth-order valence-corrected chi connectivity index (χ4v) is 4.66. The Balaban J connectivity index is 1.45. The van der Waals surface area contributed by atoms with E-state index in [0.29, 0.717) is 79.3 Å². The molecule has 1 heterocycles. The molecule has 0 atom stereocenters. The van der Waals surface area contributed by atoms with E-state index in [0.717, 1.165) is 44.2 Å². The summed E-state index contributed by atoms with van der Waals surface area (Å²) in [6.45, 7) is 5.88. The summed E-state index contributed by atoms with van der Waals surface area (Å²) in [6.07, 6.45) is 0. The van der Waals surface area contributed by atoms with E-state index in [1.807, 2.05) is 12.1 Å². The normalized spacial score (nSPS) is 17.4. The summed E-state index contributed by atoms with van der Waals surface area (Å²) in [5.41, 5.74) is 2.02. The Bertz CT molecular complexity index is 1220. The zero-order valence-electron chi connectivity index (χ0n) is 22.3. The van der Waals surface area contributed by atoms with Crippen molar-refractivity contribution in [1.82, 2.24) is 0 Å². The molecule has 206 valence electrons. The van der Waals surface area contributed by atoms with E-state index in [1.54, 1.807) is 0 Å². The fourth-order valence-electron chi connectivity index (χ4n) is 4.66. The van der Waals surface area contributed by atoms with Crippen LogP contribution in [0.3, 0.4) is 0 Å². The van der Waals surface area contributed by atoms with Crippen LogP contribution in [-0.2, 0) is 23.7 Å². The SMILES string of the molecule is c1ccc2c3c(ccc2c1)OCCOCCOCCOCCOCCOCCOc1ccc2ccccc2c1-3. The molecule has 5 rings (SSSR count). The van der Waals surface area contributed by atoms with Gasteiger partial charge >= 0.3 is 0 Å². The lowest BCUT2D eigenvalue weighted by Crippen LogP contribution is -2.15. The minimum absolute atomic E-state index is 0.420. The molecule has 7 heteroatoms. The maximum absolute atomic E-state index is 6.35. The smallest absolute Gasteiger partial charge is 0.128 e. The summed E-state index contributed by atoms with van der Waals surface area (Å²) >= 11 is 0. The molecule has 0 aliphatic carbocycles. The third-order valence-corrected chi connectivity index (χ3v) is 6.49.